The molecule has 0 aliphatic heterocycles. The summed E-state index contributed by atoms with van der Waals surface area (Å²) in [6, 6.07) is 4.25. The number of aromatic carboxylic acids is 1. The van der Waals surface area contributed by atoms with Gasteiger partial charge in [0.05, 0.1) is 12.2 Å². The number of pyridine rings is 1. The highest BCUT2D eigenvalue weighted by Crippen LogP contribution is 2.15. The first kappa shape index (κ1) is 16.5. The number of nitrogens with zero attached hydrogens (tertiary/aromatic N) is 2. The Morgan fingerprint density at radius 2 is 2.18 bits per heavy atom. The van der Waals surface area contributed by atoms with Gasteiger partial charge >= 0.3 is 5.97 Å². The predicted octanol–water partition coefficient (Wildman–Crippen LogP) is 1.73. The SMILES string of the molecule is CCn1cc(S(=O)(=O)NCc2cc(Cl)ccn2)cc1C(=O)O. The zero-order valence-corrected chi connectivity index (χ0v) is 13.2. The van der Waals surface area contributed by atoms with Crippen LogP contribution in [0, 0.1) is 0 Å². The number of aryl methyl sites for hydroxylation is 1. The van der Waals surface area contributed by atoms with Crippen LogP contribution in [0.25, 0.3) is 0 Å². The maximum Gasteiger partial charge on any atom is 0.352 e. The first-order chi connectivity index (χ1) is 10.3. The van der Waals surface area contributed by atoms with Gasteiger partial charge in [-0.25, -0.2) is 17.9 Å². The molecule has 0 aliphatic carbocycles. The van der Waals surface area contributed by atoms with Gasteiger partial charge in [0.15, 0.2) is 0 Å². The van der Waals surface area contributed by atoms with E-state index in [2.05, 4.69) is 9.71 Å². The fourth-order valence-corrected chi connectivity index (χ4v) is 3.09. The lowest BCUT2D eigenvalue weighted by Crippen LogP contribution is -2.23. The van der Waals surface area contributed by atoms with Gasteiger partial charge < -0.3 is 9.67 Å². The number of carbonyl (C=O) groups is 1. The zero-order chi connectivity index (χ0) is 16.3. The monoisotopic (exact) mass is 343 g/mol. The maximum atomic E-state index is 12.2. The van der Waals surface area contributed by atoms with Crippen molar-refractivity contribution in [2.24, 2.45) is 0 Å². The zero-order valence-electron chi connectivity index (χ0n) is 11.7. The number of hydrogen-bond acceptors (Lipinski definition) is 4. The first-order valence-corrected chi connectivity index (χ1v) is 8.23. The average molecular weight is 344 g/mol. The van der Waals surface area contributed by atoms with E-state index < -0.39 is 16.0 Å². The topological polar surface area (TPSA) is 101 Å². The second-order valence-corrected chi connectivity index (χ2v) is 6.65. The highest BCUT2D eigenvalue weighted by Gasteiger charge is 2.20. The molecule has 0 saturated heterocycles. The second kappa shape index (κ2) is 6.47. The van der Waals surface area contributed by atoms with Crippen LogP contribution in [0.4, 0.5) is 0 Å². The molecule has 0 spiro atoms. The van der Waals surface area contributed by atoms with Gasteiger partial charge in [-0.15, -0.1) is 0 Å². The number of aromatic nitrogens is 2. The largest absolute Gasteiger partial charge is 0.477 e. The maximum absolute atomic E-state index is 12.2. The van der Waals surface area contributed by atoms with Crippen molar-refractivity contribution in [2.75, 3.05) is 0 Å². The molecule has 2 aromatic heterocycles. The van der Waals surface area contributed by atoms with Gasteiger partial charge in [-0.3, -0.25) is 4.98 Å². The summed E-state index contributed by atoms with van der Waals surface area (Å²) >= 11 is 5.80. The summed E-state index contributed by atoms with van der Waals surface area (Å²) in [5, 5.41) is 9.51. The van der Waals surface area contributed by atoms with Crippen molar-refractivity contribution < 1.29 is 18.3 Å². The molecule has 0 aromatic carbocycles. The van der Waals surface area contributed by atoms with E-state index in [1.165, 1.54) is 17.0 Å². The predicted molar refractivity (Wildman–Crippen MR) is 80.3 cm³/mol. The molecular formula is C13H14ClN3O4S. The van der Waals surface area contributed by atoms with Crippen LogP contribution in [0.5, 0.6) is 0 Å². The van der Waals surface area contributed by atoms with Crippen LogP contribution < -0.4 is 4.72 Å². The van der Waals surface area contributed by atoms with Crippen molar-refractivity contribution in [3.8, 4) is 0 Å². The van der Waals surface area contributed by atoms with Crippen molar-refractivity contribution in [3.05, 3.63) is 47.0 Å². The summed E-state index contributed by atoms with van der Waals surface area (Å²) in [5.41, 5.74) is 0.383. The van der Waals surface area contributed by atoms with Crippen LogP contribution in [0.3, 0.4) is 0 Å². The van der Waals surface area contributed by atoms with Crippen molar-refractivity contribution >= 4 is 27.6 Å². The lowest BCUT2D eigenvalue weighted by Gasteiger charge is -2.04. The molecule has 0 aliphatic rings. The highest BCUT2D eigenvalue weighted by atomic mass is 35.5. The van der Waals surface area contributed by atoms with Crippen LogP contribution in [-0.4, -0.2) is 29.0 Å². The van der Waals surface area contributed by atoms with Crippen LogP contribution in [0.2, 0.25) is 5.02 Å². The number of sulfonamides is 1. The summed E-state index contributed by atoms with van der Waals surface area (Å²) in [6.45, 7) is 2.04. The fourth-order valence-electron chi connectivity index (χ4n) is 1.87. The third kappa shape index (κ3) is 3.65. The van der Waals surface area contributed by atoms with Crippen LogP contribution in [0.1, 0.15) is 23.1 Å². The molecule has 2 aromatic rings. The lowest BCUT2D eigenvalue weighted by atomic mass is 10.3. The minimum atomic E-state index is -3.83. The first-order valence-electron chi connectivity index (χ1n) is 6.37. The number of nitrogens with one attached hydrogen (secondary N) is 1. The third-order valence-corrected chi connectivity index (χ3v) is 4.57. The van der Waals surface area contributed by atoms with Crippen LogP contribution >= 0.6 is 11.6 Å². The summed E-state index contributed by atoms with van der Waals surface area (Å²) in [4.78, 5) is 15.0. The Hall–Kier alpha value is -1.90. The molecule has 0 radical (unpaired) electrons. The molecule has 0 unspecified atom stereocenters. The van der Waals surface area contributed by atoms with E-state index in [0.29, 0.717) is 17.3 Å². The Bertz CT molecular complexity index is 801. The lowest BCUT2D eigenvalue weighted by molar-refractivity contribution is 0.0685. The minimum Gasteiger partial charge on any atom is -0.477 e. The molecule has 0 amide bonds. The summed E-state index contributed by atoms with van der Waals surface area (Å²) < 4.78 is 28.2. The number of carboxylic acid groups (broad SMARTS) is 1. The normalized spacial score (nSPS) is 11.5. The van der Waals surface area contributed by atoms with Gasteiger partial charge in [0.2, 0.25) is 10.0 Å². The van der Waals surface area contributed by atoms with Crippen molar-refractivity contribution in [2.45, 2.75) is 24.9 Å². The van der Waals surface area contributed by atoms with Crippen molar-refractivity contribution in [1.29, 1.82) is 0 Å². The van der Waals surface area contributed by atoms with Gasteiger partial charge in [0, 0.05) is 24.0 Å². The molecule has 118 valence electrons. The highest BCUT2D eigenvalue weighted by molar-refractivity contribution is 7.89. The fraction of sp³-hybridized carbons (Fsp3) is 0.231. The Kier molecular flexibility index (Phi) is 4.84. The molecule has 2 N–H and O–H groups in total. The number of hydrogen-bond donors (Lipinski definition) is 2. The molecule has 2 rings (SSSR count). The Balaban J connectivity index is 2.22. The molecular weight excluding hydrogens is 330 g/mol. The molecule has 2 heterocycles. The van der Waals surface area contributed by atoms with E-state index in [9.17, 15) is 13.2 Å². The number of halogens is 1. The quantitative estimate of drug-likeness (QED) is 0.831. The molecule has 0 fully saturated rings. The average Bonchev–Trinajstić information content (AvgIpc) is 2.91. The number of rotatable bonds is 6. The molecule has 0 bridgehead atoms. The van der Waals surface area contributed by atoms with Gasteiger partial charge in [0.25, 0.3) is 0 Å². The van der Waals surface area contributed by atoms with Gasteiger partial charge in [-0.05, 0) is 25.1 Å². The van der Waals surface area contributed by atoms with E-state index in [1.54, 1.807) is 19.1 Å². The van der Waals surface area contributed by atoms with E-state index >= 15 is 0 Å². The molecule has 0 saturated carbocycles. The Morgan fingerprint density at radius 1 is 1.45 bits per heavy atom. The van der Waals surface area contributed by atoms with E-state index in [1.807, 2.05) is 0 Å². The minimum absolute atomic E-state index is 0.0391. The molecule has 7 nitrogen and oxygen atoms in total. The second-order valence-electron chi connectivity index (χ2n) is 4.44. The van der Waals surface area contributed by atoms with E-state index in [0.717, 1.165) is 6.07 Å². The van der Waals surface area contributed by atoms with Gasteiger partial charge in [-0.1, -0.05) is 11.6 Å². The Labute approximate surface area is 132 Å². The molecule has 0 atom stereocenters. The standard InChI is InChI=1S/C13H14ClN3O4S/c1-2-17-8-11(6-12(17)13(18)19)22(20,21)16-7-10-5-9(14)3-4-15-10/h3-6,8,16H,2,7H2,1H3,(H,18,19). The number of carboxylic acids is 1. The summed E-state index contributed by atoms with van der Waals surface area (Å²) in [6.07, 6.45) is 2.76. The van der Waals surface area contributed by atoms with Crippen LogP contribution in [0.15, 0.2) is 35.5 Å². The summed E-state index contributed by atoms with van der Waals surface area (Å²) in [7, 11) is -3.83. The van der Waals surface area contributed by atoms with E-state index in [4.69, 9.17) is 16.7 Å². The summed E-state index contributed by atoms with van der Waals surface area (Å²) in [5.74, 6) is -1.18. The van der Waals surface area contributed by atoms with Crippen molar-refractivity contribution in [1.82, 2.24) is 14.3 Å². The van der Waals surface area contributed by atoms with Gasteiger partial charge in [-0.2, -0.15) is 0 Å². The molecule has 22 heavy (non-hydrogen) atoms. The van der Waals surface area contributed by atoms with Gasteiger partial charge in [0.1, 0.15) is 10.6 Å². The smallest absolute Gasteiger partial charge is 0.352 e. The van der Waals surface area contributed by atoms with E-state index in [-0.39, 0.29) is 17.1 Å². The molecule has 9 heteroatoms. The third-order valence-electron chi connectivity index (χ3n) is 2.96. The van der Waals surface area contributed by atoms with Crippen LogP contribution in [-0.2, 0) is 23.1 Å². The Morgan fingerprint density at radius 3 is 2.73 bits per heavy atom. The van der Waals surface area contributed by atoms with Crippen molar-refractivity contribution in [3.63, 3.8) is 0 Å².